The van der Waals surface area contributed by atoms with Crippen molar-refractivity contribution in [1.29, 1.82) is 0 Å². The van der Waals surface area contributed by atoms with Crippen LogP contribution in [0.25, 0.3) is 0 Å². The minimum absolute atomic E-state index is 0.164. The summed E-state index contributed by atoms with van der Waals surface area (Å²) in [4.78, 5) is 22.2. The first kappa shape index (κ1) is 11.9. The number of likely N-dealkylation sites (N-methyl/N-ethyl adjacent to an activating group) is 1. The summed E-state index contributed by atoms with van der Waals surface area (Å²) >= 11 is 0. The van der Waals surface area contributed by atoms with E-state index in [0.29, 0.717) is 0 Å². The van der Waals surface area contributed by atoms with Crippen molar-refractivity contribution in [2.24, 2.45) is 5.41 Å². The quantitative estimate of drug-likeness (QED) is 0.651. The average molecular weight is 186 g/mol. The number of carbonyl (C=O) groups excluding carboxylic acids is 2. The van der Waals surface area contributed by atoms with E-state index in [1.807, 2.05) is 20.8 Å². The van der Waals surface area contributed by atoms with Gasteiger partial charge in [-0.3, -0.25) is 9.59 Å². The zero-order valence-corrected chi connectivity index (χ0v) is 8.89. The molecule has 0 bridgehead atoms. The standard InChI is InChI=1S/C9H18N2O2/c1-6(12)11-7(8(13)10-5)9(2,3)4/h7H,1-5H3,(H,10,13)(H,11,12)/t7-/m0/s1. The van der Waals surface area contributed by atoms with Gasteiger partial charge < -0.3 is 10.6 Å². The number of hydrogen-bond donors (Lipinski definition) is 2. The lowest BCUT2D eigenvalue weighted by molar-refractivity contribution is -0.130. The predicted molar refractivity (Wildman–Crippen MR) is 51.1 cm³/mol. The number of rotatable bonds is 2. The first-order chi connectivity index (χ1) is 5.79. The van der Waals surface area contributed by atoms with Crippen molar-refractivity contribution in [3.63, 3.8) is 0 Å². The molecule has 4 heteroatoms. The van der Waals surface area contributed by atoms with Gasteiger partial charge in [-0.25, -0.2) is 0 Å². The Labute approximate surface area is 79.1 Å². The van der Waals surface area contributed by atoms with Gasteiger partial charge in [0.15, 0.2) is 0 Å². The Balaban J connectivity index is 4.56. The first-order valence-electron chi connectivity index (χ1n) is 4.27. The van der Waals surface area contributed by atoms with Crippen LogP contribution < -0.4 is 10.6 Å². The van der Waals surface area contributed by atoms with Crippen molar-refractivity contribution in [2.75, 3.05) is 7.05 Å². The maximum atomic E-state index is 11.4. The fourth-order valence-electron chi connectivity index (χ4n) is 1.02. The predicted octanol–water partition coefficient (Wildman–Crippen LogP) is 0.283. The molecule has 0 spiro atoms. The molecular formula is C9H18N2O2. The molecule has 0 aliphatic carbocycles. The van der Waals surface area contributed by atoms with Gasteiger partial charge in [0.05, 0.1) is 0 Å². The average Bonchev–Trinajstić information content (AvgIpc) is 1.96. The van der Waals surface area contributed by atoms with Crippen LogP contribution in [0.5, 0.6) is 0 Å². The molecule has 0 aliphatic rings. The maximum absolute atomic E-state index is 11.4. The highest BCUT2D eigenvalue weighted by atomic mass is 16.2. The molecule has 0 aromatic rings. The van der Waals surface area contributed by atoms with E-state index in [-0.39, 0.29) is 17.2 Å². The van der Waals surface area contributed by atoms with Gasteiger partial charge in [0.2, 0.25) is 11.8 Å². The zero-order chi connectivity index (χ0) is 10.6. The molecule has 2 N–H and O–H groups in total. The second kappa shape index (κ2) is 4.25. The van der Waals surface area contributed by atoms with Crippen LogP contribution in [-0.4, -0.2) is 24.9 Å². The summed E-state index contributed by atoms with van der Waals surface area (Å²) in [5, 5.41) is 5.14. The third-order valence-electron chi connectivity index (χ3n) is 1.72. The van der Waals surface area contributed by atoms with Crippen LogP contribution in [0.15, 0.2) is 0 Å². The van der Waals surface area contributed by atoms with Gasteiger partial charge in [0, 0.05) is 14.0 Å². The van der Waals surface area contributed by atoms with Crippen molar-refractivity contribution in [2.45, 2.75) is 33.7 Å². The van der Waals surface area contributed by atoms with Gasteiger partial charge in [0.1, 0.15) is 6.04 Å². The highest BCUT2D eigenvalue weighted by molar-refractivity contribution is 5.87. The van der Waals surface area contributed by atoms with Crippen molar-refractivity contribution >= 4 is 11.8 Å². The van der Waals surface area contributed by atoms with E-state index in [1.165, 1.54) is 6.92 Å². The summed E-state index contributed by atoms with van der Waals surface area (Å²) in [7, 11) is 1.56. The number of hydrogen-bond acceptors (Lipinski definition) is 2. The summed E-state index contributed by atoms with van der Waals surface area (Å²) in [5.74, 6) is -0.355. The molecule has 4 nitrogen and oxygen atoms in total. The molecule has 0 aliphatic heterocycles. The van der Waals surface area contributed by atoms with Gasteiger partial charge in [-0.1, -0.05) is 20.8 Å². The Morgan fingerprint density at radius 1 is 1.23 bits per heavy atom. The zero-order valence-electron chi connectivity index (χ0n) is 8.89. The van der Waals surface area contributed by atoms with Gasteiger partial charge in [0.25, 0.3) is 0 Å². The van der Waals surface area contributed by atoms with E-state index < -0.39 is 6.04 Å². The normalized spacial score (nSPS) is 13.3. The molecule has 0 rings (SSSR count). The number of carbonyl (C=O) groups is 2. The van der Waals surface area contributed by atoms with Crippen molar-refractivity contribution in [3.8, 4) is 0 Å². The van der Waals surface area contributed by atoms with Gasteiger partial charge in [-0.2, -0.15) is 0 Å². The van der Waals surface area contributed by atoms with Gasteiger partial charge >= 0.3 is 0 Å². The fraction of sp³-hybridized carbons (Fsp3) is 0.778. The molecule has 0 aromatic carbocycles. The van der Waals surface area contributed by atoms with Gasteiger partial charge in [-0.05, 0) is 5.41 Å². The molecule has 1 atom stereocenters. The fourth-order valence-corrected chi connectivity index (χ4v) is 1.02. The van der Waals surface area contributed by atoms with Crippen LogP contribution in [0, 0.1) is 5.41 Å². The first-order valence-corrected chi connectivity index (χ1v) is 4.27. The van der Waals surface area contributed by atoms with Crippen molar-refractivity contribution in [1.82, 2.24) is 10.6 Å². The Kier molecular flexibility index (Phi) is 3.91. The minimum Gasteiger partial charge on any atom is -0.357 e. The Morgan fingerprint density at radius 2 is 1.69 bits per heavy atom. The molecule has 0 unspecified atom stereocenters. The lowest BCUT2D eigenvalue weighted by Crippen LogP contribution is -2.52. The molecule has 0 saturated carbocycles. The molecule has 0 saturated heterocycles. The van der Waals surface area contributed by atoms with E-state index >= 15 is 0 Å². The van der Waals surface area contributed by atoms with Gasteiger partial charge in [-0.15, -0.1) is 0 Å². The maximum Gasteiger partial charge on any atom is 0.242 e. The Morgan fingerprint density at radius 3 is 1.92 bits per heavy atom. The molecular weight excluding hydrogens is 168 g/mol. The summed E-state index contributed by atoms with van der Waals surface area (Å²) in [5.41, 5.74) is -0.272. The summed E-state index contributed by atoms with van der Waals surface area (Å²) in [6.07, 6.45) is 0. The van der Waals surface area contributed by atoms with Crippen molar-refractivity contribution in [3.05, 3.63) is 0 Å². The van der Waals surface area contributed by atoms with Crippen molar-refractivity contribution < 1.29 is 9.59 Å². The Hall–Kier alpha value is -1.06. The molecule has 0 aromatic heterocycles. The monoisotopic (exact) mass is 186 g/mol. The Bertz CT molecular complexity index is 206. The lowest BCUT2D eigenvalue weighted by Gasteiger charge is -2.29. The highest BCUT2D eigenvalue weighted by Crippen LogP contribution is 2.19. The molecule has 13 heavy (non-hydrogen) atoms. The lowest BCUT2D eigenvalue weighted by atomic mass is 9.86. The summed E-state index contributed by atoms with van der Waals surface area (Å²) < 4.78 is 0. The summed E-state index contributed by atoms with van der Waals surface area (Å²) in [6.45, 7) is 7.12. The second-order valence-electron chi connectivity index (χ2n) is 4.11. The van der Waals surface area contributed by atoms with E-state index in [1.54, 1.807) is 7.05 Å². The molecule has 0 fully saturated rings. The largest absolute Gasteiger partial charge is 0.357 e. The minimum atomic E-state index is -0.477. The molecule has 0 heterocycles. The van der Waals surface area contributed by atoms with E-state index in [9.17, 15) is 9.59 Å². The molecule has 2 amide bonds. The third-order valence-corrected chi connectivity index (χ3v) is 1.72. The molecule has 76 valence electrons. The van der Waals surface area contributed by atoms with Crippen LogP contribution in [-0.2, 0) is 9.59 Å². The van der Waals surface area contributed by atoms with Crippen LogP contribution in [0.1, 0.15) is 27.7 Å². The number of nitrogens with one attached hydrogen (secondary N) is 2. The highest BCUT2D eigenvalue weighted by Gasteiger charge is 2.30. The van der Waals surface area contributed by atoms with E-state index in [0.717, 1.165) is 0 Å². The van der Waals surface area contributed by atoms with Crippen LogP contribution in [0.3, 0.4) is 0 Å². The smallest absolute Gasteiger partial charge is 0.242 e. The van der Waals surface area contributed by atoms with E-state index in [4.69, 9.17) is 0 Å². The SMILES string of the molecule is CNC(=O)[C@H](NC(C)=O)C(C)(C)C. The topological polar surface area (TPSA) is 58.2 Å². The van der Waals surface area contributed by atoms with E-state index in [2.05, 4.69) is 10.6 Å². The van der Waals surface area contributed by atoms with Crippen LogP contribution in [0.2, 0.25) is 0 Å². The molecule has 0 radical (unpaired) electrons. The van der Waals surface area contributed by atoms with Crippen LogP contribution >= 0.6 is 0 Å². The number of amides is 2. The summed E-state index contributed by atoms with van der Waals surface area (Å²) in [6, 6.07) is -0.477. The second-order valence-corrected chi connectivity index (χ2v) is 4.11. The van der Waals surface area contributed by atoms with Crippen LogP contribution in [0.4, 0.5) is 0 Å². The third kappa shape index (κ3) is 3.92.